The Balaban J connectivity index is 2.57. The highest BCUT2D eigenvalue weighted by atomic mass is 32.1. The van der Waals surface area contributed by atoms with Gasteiger partial charge >= 0.3 is 0 Å². The molecule has 14 heavy (non-hydrogen) atoms. The molecule has 1 aromatic rings. The smallest absolute Gasteiger partial charge is 0.185 e. The molecule has 1 rings (SSSR count). The van der Waals surface area contributed by atoms with Crippen LogP contribution < -0.4 is 10.6 Å². The van der Waals surface area contributed by atoms with Crippen molar-refractivity contribution in [2.75, 3.05) is 32.2 Å². The van der Waals surface area contributed by atoms with Crippen molar-refractivity contribution >= 4 is 16.5 Å². The maximum absolute atomic E-state index is 5.75. The summed E-state index contributed by atoms with van der Waals surface area (Å²) in [6, 6.07) is 0.0667. The van der Waals surface area contributed by atoms with E-state index in [0.29, 0.717) is 6.61 Å². The van der Waals surface area contributed by atoms with E-state index in [1.54, 1.807) is 18.4 Å². The number of hydrogen-bond acceptors (Lipinski definition) is 5. The van der Waals surface area contributed by atoms with Crippen LogP contribution in [0.1, 0.15) is 17.8 Å². The minimum Gasteiger partial charge on any atom is -0.383 e. The van der Waals surface area contributed by atoms with Crippen LogP contribution in [0.15, 0.2) is 6.20 Å². The highest BCUT2D eigenvalue weighted by Gasteiger charge is 2.08. The predicted octanol–water partition coefficient (Wildman–Crippen LogP) is 1.25. The Kier molecular flexibility index (Phi) is 4.31. The van der Waals surface area contributed by atoms with Gasteiger partial charge in [-0.1, -0.05) is 0 Å². The second kappa shape index (κ2) is 5.29. The van der Waals surface area contributed by atoms with Crippen LogP contribution in [0.25, 0.3) is 0 Å². The average Bonchev–Trinajstić information content (AvgIpc) is 2.62. The third-order valence-corrected chi connectivity index (χ3v) is 3.23. The molecule has 1 heterocycles. The SMILES string of the molecule is COCCN(C)c1ncc(C(C)N)s1. The Morgan fingerprint density at radius 2 is 2.43 bits per heavy atom. The van der Waals surface area contributed by atoms with Crippen LogP contribution in [0, 0.1) is 0 Å². The van der Waals surface area contributed by atoms with E-state index in [1.165, 1.54) is 0 Å². The number of nitrogens with zero attached hydrogens (tertiary/aromatic N) is 2. The third kappa shape index (κ3) is 2.94. The van der Waals surface area contributed by atoms with Crippen LogP contribution in [0.5, 0.6) is 0 Å². The van der Waals surface area contributed by atoms with E-state index in [2.05, 4.69) is 9.88 Å². The molecule has 0 aromatic carbocycles. The first-order valence-electron chi connectivity index (χ1n) is 4.56. The van der Waals surface area contributed by atoms with Crippen molar-refractivity contribution in [3.8, 4) is 0 Å². The summed E-state index contributed by atoms with van der Waals surface area (Å²) in [5.74, 6) is 0. The van der Waals surface area contributed by atoms with Crippen LogP contribution in [0.4, 0.5) is 5.13 Å². The van der Waals surface area contributed by atoms with Crippen LogP contribution in [-0.4, -0.2) is 32.3 Å². The fourth-order valence-electron chi connectivity index (χ4n) is 0.988. The van der Waals surface area contributed by atoms with E-state index in [1.807, 2.05) is 20.2 Å². The van der Waals surface area contributed by atoms with Gasteiger partial charge in [-0.2, -0.15) is 0 Å². The van der Waals surface area contributed by atoms with Crippen molar-refractivity contribution in [1.29, 1.82) is 0 Å². The van der Waals surface area contributed by atoms with Gasteiger partial charge in [-0.15, -0.1) is 11.3 Å². The van der Waals surface area contributed by atoms with Gasteiger partial charge in [-0.3, -0.25) is 0 Å². The van der Waals surface area contributed by atoms with Gasteiger partial charge in [0.05, 0.1) is 6.61 Å². The monoisotopic (exact) mass is 215 g/mol. The first-order valence-corrected chi connectivity index (χ1v) is 5.38. The van der Waals surface area contributed by atoms with Crippen molar-refractivity contribution in [1.82, 2.24) is 4.98 Å². The van der Waals surface area contributed by atoms with Gasteiger partial charge in [0.25, 0.3) is 0 Å². The third-order valence-electron chi connectivity index (χ3n) is 1.92. The minimum atomic E-state index is 0.0667. The fraction of sp³-hybridized carbons (Fsp3) is 0.667. The van der Waals surface area contributed by atoms with Gasteiger partial charge in [0.2, 0.25) is 0 Å². The summed E-state index contributed by atoms with van der Waals surface area (Å²) in [6.07, 6.45) is 1.84. The Morgan fingerprint density at radius 1 is 1.71 bits per heavy atom. The molecule has 0 radical (unpaired) electrons. The van der Waals surface area contributed by atoms with Gasteiger partial charge in [-0.25, -0.2) is 4.98 Å². The van der Waals surface area contributed by atoms with Gasteiger partial charge in [0.1, 0.15) is 0 Å². The molecule has 0 saturated carbocycles. The molecular weight excluding hydrogens is 198 g/mol. The van der Waals surface area contributed by atoms with Crippen molar-refractivity contribution in [3.63, 3.8) is 0 Å². The Bertz CT molecular complexity index is 275. The number of ether oxygens (including phenoxy) is 1. The summed E-state index contributed by atoms with van der Waals surface area (Å²) in [5, 5.41) is 0.995. The Morgan fingerprint density at radius 3 is 2.93 bits per heavy atom. The molecule has 0 amide bonds. The molecule has 2 N–H and O–H groups in total. The van der Waals surface area contributed by atoms with Gasteiger partial charge in [0.15, 0.2) is 5.13 Å². The number of rotatable bonds is 5. The lowest BCUT2D eigenvalue weighted by Gasteiger charge is -2.14. The standard InChI is InChI=1S/C9H17N3OS/c1-7(10)8-6-11-9(14-8)12(2)4-5-13-3/h6-7H,4-5,10H2,1-3H3. The van der Waals surface area contributed by atoms with E-state index in [4.69, 9.17) is 10.5 Å². The van der Waals surface area contributed by atoms with E-state index >= 15 is 0 Å². The second-order valence-electron chi connectivity index (χ2n) is 3.25. The summed E-state index contributed by atoms with van der Waals surface area (Å²) in [4.78, 5) is 7.48. The number of anilines is 1. The zero-order chi connectivity index (χ0) is 10.6. The summed E-state index contributed by atoms with van der Waals surface area (Å²) >= 11 is 1.63. The van der Waals surface area contributed by atoms with Crippen LogP contribution in [0.3, 0.4) is 0 Å². The highest BCUT2D eigenvalue weighted by Crippen LogP contribution is 2.24. The summed E-state index contributed by atoms with van der Waals surface area (Å²) in [6.45, 7) is 3.53. The molecule has 0 fully saturated rings. The molecule has 4 nitrogen and oxygen atoms in total. The second-order valence-corrected chi connectivity index (χ2v) is 4.29. The van der Waals surface area contributed by atoms with Gasteiger partial charge in [-0.05, 0) is 6.92 Å². The Hall–Kier alpha value is -0.650. The number of methoxy groups -OCH3 is 1. The summed E-state index contributed by atoms with van der Waals surface area (Å²) < 4.78 is 5.00. The van der Waals surface area contributed by atoms with E-state index < -0.39 is 0 Å². The molecule has 0 spiro atoms. The minimum absolute atomic E-state index is 0.0667. The number of thiazole rings is 1. The van der Waals surface area contributed by atoms with Gasteiger partial charge < -0.3 is 15.4 Å². The molecule has 0 aliphatic heterocycles. The highest BCUT2D eigenvalue weighted by molar-refractivity contribution is 7.15. The first-order chi connectivity index (χ1) is 6.65. The topological polar surface area (TPSA) is 51.4 Å². The quantitative estimate of drug-likeness (QED) is 0.803. The van der Waals surface area contributed by atoms with E-state index in [-0.39, 0.29) is 6.04 Å². The van der Waals surface area contributed by atoms with Gasteiger partial charge in [0, 0.05) is 37.8 Å². The molecule has 1 atom stereocenters. The average molecular weight is 215 g/mol. The maximum atomic E-state index is 5.75. The molecule has 0 saturated heterocycles. The van der Waals surface area contributed by atoms with Crippen molar-refractivity contribution in [2.45, 2.75) is 13.0 Å². The first kappa shape index (κ1) is 11.4. The van der Waals surface area contributed by atoms with Crippen LogP contribution in [0.2, 0.25) is 0 Å². The zero-order valence-corrected chi connectivity index (χ0v) is 9.67. The van der Waals surface area contributed by atoms with Crippen molar-refractivity contribution in [2.24, 2.45) is 5.73 Å². The lowest BCUT2D eigenvalue weighted by Crippen LogP contribution is -2.21. The fourth-order valence-corrected chi connectivity index (χ4v) is 1.84. The van der Waals surface area contributed by atoms with Crippen LogP contribution >= 0.6 is 11.3 Å². The number of nitrogens with two attached hydrogens (primary N) is 1. The molecule has 0 aliphatic rings. The number of hydrogen-bond donors (Lipinski definition) is 1. The molecule has 0 aliphatic carbocycles. The number of likely N-dealkylation sites (N-methyl/N-ethyl adjacent to an activating group) is 1. The lowest BCUT2D eigenvalue weighted by atomic mass is 10.3. The van der Waals surface area contributed by atoms with Crippen molar-refractivity contribution < 1.29 is 4.74 Å². The molecule has 1 aromatic heterocycles. The van der Waals surface area contributed by atoms with E-state index in [9.17, 15) is 0 Å². The predicted molar refractivity (Wildman–Crippen MR) is 59.9 cm³/mol. The van der Waals surface area contributed by atoms with Crippen LogP contribution in [-0.2, 0) is 4.74 Å². The van der Waals surface area contributed by atoms with Crippen molar-refractivity contribution in [3.05, 3.63) is 11.1 Å². The van der Waals surface area contributed by atoms with E-state index in [0.717, 1.165) is 16.6 Å². The maximum Gasteiger partial charge on any atom is 0.185 e. The summed E-state index contributed by atoms with van der Waals surface area (Å²) in [5.41, 5.74) is 5.75. The summed E-state index contributed by atoms with van der Waals surface area (Å²) in [7, 11) is 3.70. The molecule has 5 heteroatoms. The zero-order valence-electron chi connectivity index (χ0n) is 8.86. The lowest BCUT2D eigenvalue weighted by molar-refractivity contribution is 0.206. The Labute approximate surface area is 88.7 Å². The molecule has 80 valence electrons. The number of aromatic nitrogens is 1. The molecule has 0 bridgehead atoms. The largest absolute Gasteiger partial charge is 0.383 e. The normalized spacial score (nSPS) is 12.9. The molecule has 1 unspecified atom stereocenters. The molecular formula is C9H17N3OS.